The van der Waals surface area contributed by atoms with Crippen molar-refractivity contribution in [2.45, 2.75) is 6.92 Å². The second kappa shape index (κ2) is 11.5. The molecule has 0 aromatic heterocycles. The van der Waals surface area contributed by atoms with Crippen molar-refractivity contribution in [1.82, 2.24) is 5.43 Å². The summed E-state index contributed by atoms with van der Waals surface area (Å²) in [6.45, 7) is 1.24. The van der Waals surface area contributed by atoms with Crippen LogP contribution in [0.4, 0.5) is 11.4 Å². The predicted octanol–water partition coefficient (Wildman–Crippen LogP) is 4.66. The van der Waals surface area contributed by atoms with E-state index in [1.165, 1.54) is 0 Å². The summed E-state index contributed by atoms with van der Waals surface area (Å²) >= 11 is 9.25. The molecule has 0 bridgehead atoms. The van der Waals surface area contributed by atoms with Gasteiger partial charge in [-0.1, -0.05) is 45.7 Å². The summed E-state index contributed by atoms with van der Waals surface area (Å²) in [5, 5.41) is 7.34. The van der Waals surface area contributed by atoms with Crippen LogP contribution in [0, 0.1) is 0 Å². The molecule has 0 atom stereocenters. The molecule has 0 heterocycles. The average molecular weight is 578 g/mol. The molecule has 3 aromatic rings. The smallest absolute Gasteiger partial charge is 0.260 e. The highest BCUT2D eigenvalue weighted by atomic mass is 79.9. The lowest BCUT2D eigenvalue weighted by atomic mass is 10.1. The van der Waals surface area contributed by atoms with Gasteiger partial charge in [0.15, 0.2) is 0 Å². The van der Waals surface area contributed by atoms with Gasteiger partial charge in [0.2, 0.25) is 10.0 Å². The van der Waals surface area contributed by atoms with Gasteiger partial charge in [0, 0.05) is 20.7 Å². The topological polar surface area (TPSA) is 108 Å². The van der Waals surface area contributed by atoms with Crippen molar-refractivity contribution in [2.75, 3.05) is 22.4 Å². The molecule has 0 aliphatic heterocycles. The summed E-state index contributed by atoms with van der Waals surface area (Å²) in [5.41, 5.74) is 4.82. The third kappa shape index (κ3) is 7.64. The van der Waals surface area contributed by atoms with E-state index in [1.807, 2.05) is 0 Å². The highest BCUT2D eigenvalue weighted by molar-refractivity contribution is 9.10. The van der Waals surface area contributed by atoms with Crippen LogP contribution in [-0.4, -0.2) is 38.7 Å². The maximum absolute atomic E-state index is 12.5. The van der Waals surface area contributed by atoms with E-state index in [0.717, 1.165) is 15.0 Å². The Bertz CT molecular complexity index is 1380. The number of hydrogen-bond donors (Lipinski definition) is 2. The first-order valence-electron chi connectivity index (χ1n) is 10.3. The second-order valence-electron chi connectivity index (χ2n) is 7.52. The largest absolute Gasteiger partial charge is 0.322 e. The maximum atomic E-state index is 12.5. The molecule has 0 radical (unpaired) electrons. The Morgan fingerprint density at radius 2 is 1.66 bits per heavy atom. The van der Waals surface area contributed by atoms with Crippen molar-refractivity contribution in [3.05, 3.63) is 93.4 Å². The predicted molar refractivity (Wildman–Crippen MR) is 143 cm³/mol. The molecule has 182 valence electrons. The van der Waals surface area contributed by atoms with Crippen molar-refractivity contribution >= 4 is 66.5 Å². The van der Waals surface area contributed by atoms with Crippen LogP contribution in [0.3, 0.4) is 0 Å². The third-order valence-corrected chi connectivity index (χ3v) is 6.68. The number of nitrogens with one attached hydrogen (secondary N) is 2. The molecule has 11 heteroatoms. The van der Waals surface area contributed by atoms with E-state index in [1.54, 1.807) is 79.7 Å². The zero-order valence-corrected chi connectivity index (χ0v) is 22.0. The van der Waals surface area contributed by atoms with Crippen molar-refractivity contribution in [3.63, 3.8) is 0 Å². The number of hydrogen-bond acceptors (Lipinski definition) is 5. The van der Waals surface area contributed by atoms with Gasteiger partial charge in [0.1, 0.15) is 6.54 Å². The van der Waals surface area contributed by atoms with Gasteiger partial charge in [-0.3, -0.25) is 13.9 Å². The Balaban J connectivity index is 1.68. The summed E-state index contributed by atoms with van der Waals surface area (Å²) in [6, 6.07) is 20.1. The molecular formula is C24H22BrClN4O4S. The van der Waals surface area contributed by atoms with E-state index in [2.05, 4.69) is 31.8 Å². The summed E-state index contributed by atoms with van der Waals surface area (Å²) in [6.07, 6.45) is 1.03. The first-order chi connectivity index (χ1) is 16.5. The van der Waals surface area contributed by atoms with E-state index in [4.69, 9.17) is 11.6 Å². The number of anilines is 2. The van der Waals surface area contributed by atoms with E-state index in [0.29, 0.717) is 33.2 Å². The quantitative estimate of drug-likeness (QED) is 0.300. The maximum Gasteiger partial charge on any atom is 0.260 e. The minimum atomic E-state index is -3.70. The van der Waals surface area contributed by atoms with Gasteiger partial charge < -0.3 is 5.32 Å². The average Bonchev–Trinajstić information content (AvgIpc) is 2.81. The molecule has 8 nitrogen and oxygen atoms in total. The zero-order chi connectivity index (χ0) is 25.6. The highest BCUT2D eigenvalue weighted by Gasteiger charge is 2.20. The fourth-order valence-electron chi connectivity index (χ4n) is 3.04. The summed E-state index contributed by atoms with van der Waals surface area (Å²) in [7, 11) is -3.70. The lowest BCUT2D eigenvalue weighted by molar-refractivity contribution is -0.119. The summed E-state index contributed by atoms with van der Waals surface area (Å²) < 4.78 is 26.2. The molecule has 0 spiro atoms. The highest BCUT2D eigenvalue weighted by Crippen LogP contribution is 2.20. The number of rotatable bonds is 8. The van der Waals surface area contributed by atoms with E-state index >= 15 is 0 Å². The number of carbonyl (C=O) groups excluding carboxylic acids is 2. The normalized spacial score (nSPS) is 11.6. The Hall–Kier alpha value is -3.21. The molecule has 2 amide bonds. The Morgan fingerprint density at radius 1 is 1.00 bits per heavy atom. The van der Waals surface area contributed by atoms with Gasteiger partial charge in [-0.2, -0.15) is 5.10 Å². The van der Waals surface area contributed by atoms with Crippen LogP contribution >= 0.6 is 27.5 Å². The zero-order valence-electron chi connectivity index (χ0n) is 18.8. The molecule has 0 saturated carbocycles. The number of halogens is 2. The number of hydrazone groups is 1. The number of sulfonamides is 1. The first kappa shape index (κ1) is 26.4. The first-order valence-corrected chi connectivity index (χ1v) is 13.3. The Morgan fingerprint density at radius 3 is 2.31 bits per heavy atom. The fourth-order valence-corrected chi connectivity index (χ4v) is 4.35. The number of amides is 2. The molecule has 0 aliphatic rings. The molecule has 0 fully saturated rings. The lowest BCUT2D eigenvalue weighted by Crippen LogP contribution is -2.39. The number of carbonyl (C=O) groups is 2. The van der Waals surface area contributed by atoms with Gasteiger partial charge in [0.05, 0.1) is 17.7 Å². The van der Waals surface area contributed by atoms with Crippen molar-refractivity contribution in [3.8, 4) is 0 Å². The van der Waals surface area contributed by atoms with Gasteiger partial charge in [0.25, 0.3) is 11.8 Å². The van der Waals surface area contributed by atoms with Crippen LogP contribution in [-0.2, 0) is 14.8 Å². The van der Waals surface area contributed by atoms with E-state index in [9.17, 15) is 18.0 Å². The van der Waals surface area contributed by atoms with Gasteiger partial charge in [-0.15, -0.1) is 0 Å². The van der Waals surface area contributed by atoms with Gasteiger partial charge in [-0.25, -0.2) is 13.8 Å². The summed E-state index contributed by atoms with van der Waals surface area (Å²) in [4.78, 5) is 24.9. The Kier molecular flexibility index (Phi) is 8.66. The van der Waals surface area contributed by atoms with Crippen molar-refractivity contribution in [2.24, 2.45) is 5.10 Å². The van der Waals surface area contributed by atoms with Crippen LogP contribution in [0.5, 0.6) is 0 Å². The molecule has 0 unspecified atom stereocenters. The van der Waals surface area contributed by atoms with Gasteiger partial charge in [-0.05, 0) is 67.1 Å². The van der Waals surface area contributed by atoms with Gasteiger partial charge >= 0.3 is 0 Å². The summed E-state index contributed by atoms with van der Waals surface area (Å²) in [5.74, 6) is -0.926. The number of nitrogens with zero attached hydrogens (tertiary/aromatic N) is 2. The standard InChI is InChI=1S/C24H22BrClN4O4S/c1-16(17-5-4-8-21(14-17)27-24(32)18-6-3-7-20(26)13-18)28-29-23(31)15-30(35(2,33)34)22-11-9-19(25)10-12-22/h3-14H,15H2,1-2H3,(H,27,32)(H,29,31)/b28-16-. The van der Waals surface area contributed by atoms with E-state index < -0.39 is 22.5 Å². The van der Waals surface area contributed by atoms with Crippen LogP contribution < -0.4 is 15.0 Å². The molecule has 35 heavy (non-hydrogen) atoms. The monoisotopic (exact) mass is 576 g/mol. The Labute approximate surface area is 217 Å². The van der Waals surface area contributed by atoms with Crippen molar-refractivity contribution in [1.29, 1.82) is 0 Å². The van der Waals surface area contributed by atoms with Crippen molar-refractivity contribution < 1.29 is 18.0 Å². The molecular weight excluding hydrogens is 556 g/mol. The molecule has 3 rings (SSSR count). The minimum absolute atomic E-state index is 0.318. The SMILES string of the molecule is C/C(=N/NC(=O)CN(c1ccc(Br)cc1)S(C)(=O)=O)c1cccc(NC(=O)c2cccc(Cl)c2)c1. The van der Waals surface area contributed by atoms with Crippen LogP contribution in [0.25, 0.3) is 0 Å². The second-order valence-corrected chi connectivity index (χ2v) is 10.8. The van der Waals surface area contributed by atoms with Crippen LogP contribution in [0.2, 0.25) is 5.02 Å². The minimum Gasteiger partial charge on any atom is -0.322 e. The van der Waals surface area contributed by atoms with Crippen LogP contribution in [0.15, 0.2) is 82.4 Å². The van der Waals surface area contributed by atoms with Crippen LogP contribution in [0.1, 0.15) is 22.8 Å². The molecule has 0 aliphatic carbocycles. The third-order valence-electron chi connectivity index (χ3n) is 4.78. The van der Waals surface area contributed by atoms with E-state index in [-0.39, 0.29) is 5.91 Å². The fraction of sp³-hybridized carbons (Fsp3) is 0.125. The molecule has 0 saturated heterocycles. The molecule has 3 aromatic carbocycles. The molecule has 2 N–H and O–H groups in total. The lowest BCUT2D eigenvalue weighted by Gasteiger charge is -2.21. The number of benzene rings is 3.